The van der Waals surface area contributed by atoms with E-state index in [1.807, 2.05) is 6.07 Å². The van der Waals surface area contributed by atoms with Crippen molar-refractivity contribution in [1.29, 1.82) is 0 Å². The Kier molecular flexibility index (Phi) is 3.06. The molecule has 0 bridgehead atoms. The molecule has 16 heavy (non-hydrogen) atoms. The smallest absolute Gasteiger partial charge is 0.160 e. The molecule has 0 saturated heterocycles. The molecule has 1 aromatic rings. The normalized spacial score (nSPS) is 28.4. The fourth-order valence-electron chi connectivity index (χ4n) is 2.35. The Labute approximate surface area is 96.5 Å². The van der Waals surface area contributed by atoms with Gasteiger partial charge in [0.05, 0.1) is 14.2 Å². The third-order valence-corrected chi connectivity index (χ3v) is 3.67. The lowest BCUT2D eigenvalue weighted by Crippen LogP contribution is -2.44. The van der Waals surface area contributed by atoms with Crippen LogP contribution in [0, 0.1) is 5.92 Å². The molecule has 1 aliphatic rings. The van der Waals surface area contributed by atoms with E-state index in [1.54, 1.807) is 14.2 Å². The van der Waals surface area contributed by atoms with E-state index in [9.17, 15) is 0 Å². The molecule has 0 heterocycles. The molecule has 1 fully saturated rings. The average molecular weight is 221 g/mol. The van der Waals surface area contributed by atoms with Crippen molar-refractivity contribution in [2.75, 3.05) is 14.2 Å². The quantitative estimate of drug-likeness (QED) is 0.850. The van der Waals surface area contributed by atoms with Crippen LogP contribution in [0.3, 0.4) is 0 Å². The number of benzene rings is 1. The first-order chi connectivity index (χ1) is 7.67. The van der Waals surface area contributed by atoms with Gasteiger partial charge < -0.3 is 15.2 Å². The Balaban J connectivity index is 2.23. The van der Waals surface area contributed by atoms with Crippen molar-refractivity contribution in [2.24, 2.45) is 11.7 Å². The maximum atomic E-state index is 5.92. The number of rotatable bonds is 3. The number of methoxy groups -OCH3 is 2. The van der Waals surface area contributed by atoms with Crippen LogP contribution in [0.15, 0.2) is 18.2 Å². The van der Waals surface area contributed by atoms with Crippen LogP contribution >= 0.6 is 0 Å². The molecule has 3 unspecified atom stereocenters. The summed E-state index contributed by atoms with van der Waals surface area (Å²) < 4.78 is 10.5. The van der Waals surface area contributed by atoms with Gasteiger partial charge in [0.2, 0.25) is 0 Å². The minimum absolute atomic E-state index is 0.345. The van der Waals surface area contributed by atoms with E-state index in [0.29, 0.717) is 17.9 Å². The van der Waals surface area contributed by atoms with Crippen molar-refractivity contribution in [1.82, 2.24) is 0 Å². The lowest BCUT2D eigenvalue weighted by atomic mass is 9.67. The Morgan fingerprint density at radius 3 is 2.38 bits per heavy atom. The van der Waals surface area contributed by atoms with Gasteiger partial charge in [0, 0.05) is 6.04 Å². The molecule has 0 radical (unpaired) electrons. The molecule has 0 aliphatic heterocycles. The van der Waals surface area contributed by atoms with Crippen LogP contribution in [-0.2, 0) is 0 Å². The van der Waals surface area contributed by atoms with Crippen molar-refractivity contribution in [2.45, 2.75) is 25.3 Å². The number of nitrogens with two attached hydrogens (primary N) is 1. The molecule has 1 aliphatic carbocycles. The van der Waals surface area contributed by atoms with Gasteiger partial charge in [-0.1, -0.05) is 13.0 Å². The second-order valence-corrected chi connectivity index (χ2v) is 4.48. The second kappa shape index (κ2) is 4.34. The first kappa shape index (κ1) is 11.3. The zero-order valence-corrected chi connectivity index (χ0v) is 10.1. The van der Waals surface area contributed by atoms with Crippen LogP contribution in [0.25, 0.3) is 0 Å². The molecule has 2 rings (SSSR count). The van der Waals surface area contributed by atoms with E-state index in [1.165, 1.54) is 5.56 Å². The van der Waals surface area contributed by atoms with Gasteiger partial charge in [-0.25, -0.2) is 0 Å². The minimum Gasteiger partial charge on any atom is -0.493 e. The van der Waals surface area contributed by atoms with Gasteiger partial charge in [-0.3, -0.25) is 0 Å². The maximum absolute atomic E-state index is 5.92. The molecule has 0 spiro atoms. The number of hydrogen-bond acceptors (Lipinski definition) is 3. The van der Waals surface area contributed by atoms with E-state index in [2.05, 4.69) is 19.1 Å². The average Bonchev–Trinajstić information content (AvgIpc) is 2.34. The van der Waals surface area contributed by atoms with Gasteiger partial charge in [0.1, 0.15) is 0 Å². The topological polar surface area (TPSA) is 44.5 Å². The van der Waals surface area contributed by atoms with Gasteiger partial charge in [-0.2, -0.15) is 0 Å². The highest BCUT2D eigenvalue weighted by Crippen LogP contribution is 2.43. The predicted molar refractivity (Wildman–Crippen MR) is 64.0 cm³/mol. The SMILES string of the molecule is COc1ccc(C2CC(N)C2C)cc1OC. The lowest BCUT2D eigenvalue weighted by molar-refractivity contribution is 0.226. The maximum Gasteiger partial charge on any atom is 0.160 e. The molecular formula is C13H19NO2. The Morgan fingerprint density at radius 1 is 1.19 bits per heavy atom. The highest BCUT2D eigenvalue weighted by Gasteiger charge is 2.36. The van der Waals surface area contributed by atoms with Gasteiger partial charge in [-0.15, -0.1) is 0 Å². The van der Waals surface area contributed by atoms with E-state index >= 15 is 0 Å². The summed E-state index contributed by atoms with van der Waals surface area (Å²) in [6, 6.07) is 6.48. The molecule has 0 amide bonds. The zero-order valence-electron chi connectivity index (χ0n) is 10.1. The summed E-state index contributed by atoms with van der Waals surface area (Å²) in [5, 5.41) is 0. The largest absolute Gasteiger partial charge is 0.493 e. The Hall–Kier alpha value is -1.22. The molecule has 0 aromatic heterocycles. The van der Waals surface area contributed by atoms with Gasteiger partial charge in [-0.05, 0) is 36.0 Å². The zero-order chi connectivity index (χ0) is 11.7. The highest BCUT2D eigenvalue weighted by molar-refractivity contribution is 5.44. The summed E-state index contributed by atoms with van der Waals surface area (Å²) in [7, 11) is 3.32. The molecule has 3 heteroatoms. The fraction of sp³-hybridized carbons (Fsp3) is 0.538. The molecule has 3 atom stereocenters. The summed E-state index contributed by atoms with van der Waals surface area (Å²) in [5.41, 5.74) is 7.22. The van der Waals surface area contributed by atoms with Crippen LogP contribution in [-0.4, -0.2) is 20.3 Å². The van der Waals surface area contributed by atoms with E-state index in [0.717, 1.165) is 17.9 Å². The van der Waals surface area contributed by atoms with Gasteiger partial charge in [0.25, 0.3) is 0 Å². The first-order valence-electron chi connectivity index (χ1n) is 5.65. The summed E-state index contributed by atoms with van der Waals surface area (Å²) in [6.45, 7) is 2.20. The minimum atomic E-state index is 0.345. The monoisotopic (exact) mass is 221 g/mol. The first-order valence-corrected chi connectivity index (χ1v) is 5.65. The molecule has 1 aromatic carbocycles. The summed E-state index contributed by atoms with van der Waals surface area (Å²) in [4.78, 5) is 0. The van der Waals surface area contributed by atoms with Crippen LogP contribution in [0.2, 0.25) is 0 Å². The summed E-state index contributed by atoms with van der Waals surface area (Å²) >= 11 is 0. The molecular weight excluding hydrogens is 202 g/mol. The van der Waals surface area contributed by atoms with Crippen molar-refractivity contribution < 1.29 is 9.47 Å². The number of hydrogen-bond donors (Lipinski definition) is 1. The van der Waals surface area contributed by atoms with Crippen LogP contribution in [0.1, 0.15) is 24.8 Å². The fourth-order valence-corrected chi connectivity index (χ4v) is 2.35. The summed E-state index contributed by atoms with van der Waals surface area (Å²) in [5.74, 6) is 2.70. The van der Waals surface area contributed by atoms with Crippen molar-refractivity contribution in [3.05, 3.63) is 23.8 Å². The molecule has 88 valence electrons. The van der Waals surface area contributed by atoms with Crippen LogP contribution in [0.4, 0.5) is 0 Å². The van der Waals surface area contributed by atoms with E-state index < -0.39 is 0 Å². The third kappa shape index (κ3) is 1.76. The highest BCUT2D eigenvalue weighted by atomic mass is 16.5. The Bertz CT molecular complexity index is 378. The van der Waals surface area contributed by atoms with Crippen LogP contribution in [0.5, 0.6) is 11.5 Å². The van der Waals surface area contributed by atoms with Gasteiger partial charge in [0.15, 0.2) is 11.5 Å². The standard InChI is InChI=1S/C13H19NO2/c1-8-10(7-11(8)14)9-4-5-12(15-2)13(6-9)16-3/h4-6,8,10-11H,7,14H2,1-3H3. The summed E-state index contributed by atoms with van der Waals surface area (Å²) in [6.07, 6.45) is 1.07. The van der Waals surface area contributed by atoms with Crippen molar-refractivity contribution in [3.8, 4) is 11.5 Å². The van der Waals surface area contributed by atoms with Gasteiger partial charge >= 0.3 is 0 Å². The van der Waals surface area contributed by atoms with Crippen LogP contribution < -0.4 is 15.2 Å². The molecule has 3 nitrogen and oxygen atoms in total. The van der Waals surface area contributed by atoms with E-state index in [4.69, 9.17) is 15.2 Å². The number of ether oxygens (including phenoxy) is 2. The van der Waals surface area contributed by atoms with Crippen molar-refractivity contribution >= 4 is 0 Å². The molecule has 2 N–H and O–H groups in total. The third-order valence-electron chi connectivity index (χ3n) is 3.67. The lowest BCUT2D eigenvalue weighted by Gasteiger charge is -2.41. The molecule has 1 saturated carbocycles. The van der Waals surface area contributed by atoms with E-state index in [-0.39, 0.29) is 0 Å². The van der Waals surface area contributed by atoms with Crippen molar-refractivity contribution in [3.63, 3.8) is 0 Å². The second-order valence-electron chi connectivity index (χ2n) is 4.48. The Morgan fingerprint density at radius 2 is 1.88 bits per heavy atom. The predicted octanol–water partition coefficient (Wildman–Crippen LogP) is 2.15.